The molecule has 3 N–H and O–H groups in total. The minimum absolute atomic E-state index is 0.231. The second-order valence-electron chi connectivity index (χ2n) is 3.75. The third-order valence-electron chi connectivity index (χ3n) is 2.51. The van der Waals surface area contributed by atoms with Crippen LogP contribution in [-0.4, -0.2) is 17.2 Å². The van der Waals surface area contributed by atoms with E-state index in [9.17, 15) is 4.39 Å². The summed E-state index contributed by atoms with van der Waals surface area (Å²) in [4.78, 5) is 4.46. The monoisotopic (exact) mass is 276 g/mol. The molecule has 0 amide bonds. The summed E-state index contributed by atoms with van der Waals surface area (Å²) in [6, 6.07) is 12.1. The third-order valence-corrected chi connectivity index (χ3v) is 3.58. The van der Waals surface area contributed by atoms with Gasteiger partial charge in [-0.2, -0.15) is 0 Å². The Kier molecular flexibility index (Phi) is 4.09. The summed E-state index contributed by atoms with van der Waals surface area (Å²) in [7, 11) is 1.00. The van der Waals surface area contributed by atoms with Crippen molar-refractivity contribution in [1.82, 2.24) is 4.98 Å². The molecular formula is C14H13FN2OS. The lowest BCUT2D eigenvalue weighted by Crippen LogP contribution is -1.83. The van der Waals surface area contributed by atoms with E-state index in [4.69, 9.17) is 10.8 Å². The van der Waals surface area contributed by atoms with Crippen LogP contribution in [0.5, 0.6) is 0 Å². The van der Waals surface area contributed by atoms with E-state index in [1.807, 2.05) is 24.3 Å². The SMILES string of the molecule is CO.Nc1ccc(-c2nc3ccc(F)cc3s2)cc1. The fourth-order valence-corrected chi connectivity index (χ4v) is 2.64. The number of halogens is 1. The summed E-state index contributed by atoms with van der Waals surface area (Å²) in [6.07, 6.45) is 0. The molecule has 0 unspecified atom stereocenters. The van der Waals surface area contributed by atoms with Gasteiger partial charge in [-0.3, -0.25) is 0 Å². The maximum Gasteiger partial charge on any atom is 0.124 e. The fourth-order valence-electron chi connectivity index (χ4n) is 1.65. The number of nitrogens with two attached hydrogens (primary N) is 1. The zero-order chi connectivity index (χ0) is 13.8. The first-order valence-corrected chi connectivity index (χ1v) is 6.41. The zero-order valence-corrected chi connectivity index (χ0v) is 11.1. The van der Waals surface area contributed by atoms with Crippen LogP contribution in [-0.2, 0) is 0 Å². The lowest BCUT2D eigenvalue weighted by atomic mass is 10.2. The lowest BCUT2D eigenvalue weighted by molar-refractivity contribution is 0.399. The Morgan fingerprint density at radius 1 is 1.11 bits per heavy atom. The molecule has 0 aliphatic carbocycles. The Hall–Kier alpha value is -1.98. The molecule has 0 saturated heterocycles. The molecule has 0 radical (unpaired) electrons. The zero-order valence-electron chi connectivity index (χ0n) is 10.3. The minimum atomic E-state index is -0.231. The van der Waals surface area contributed by atoms with Crippen LogP contribution in [0.2, 0.25) is 0 Å². The molecule has 3 nitrogen and oxygen atoms in total. The van der Waals surface area contributed by atoms with Crippen molar-refractivity contribution in [2.75, 3.05) is 12.8 Å². The van der Waals surface area contributed by atoms with E-state index in [0.717, 1.165) is 33.6 Å². The summed E-state index contributed by atoms with van der Waals surface area (Å²) in [5.74, 6) is -0.231. The first-order chi connectivity index (χ1) is 9.22. The smallest absolute Gasteiger partial charge is 0.124 e. The van der Waals surface area contributed by atoms with Crippen molar-refractivity contribution in [2.45, 2.75) is 0 Å². The van der Waals surface area contributed by atoms with Crippen LogP contribution < -0.4 is 5.73 Å². The molecule has 0 aliphatic rings. The van der Waals surface area contributed by atoms with Crippen LogP contribution >= 0.6 is 11.3 Å². The van der Waals surface area contributed by atoms with Crippen LogP contribution in [0.25, 0.3) is 20.8 Å². The van der Waals surface area contributed by atoms with Gasteiger partial charge in [-0.15, -0.1) is 11.3 Å². The highest BCUT2D eigenvalue weighted by Crippen LogP contribution is 2.30. The fraction of sp³-hybridized carbons (Fsp3) is 0.0714. The van der Waals surface area contributed by atoms with E-state index in [0.29, 0.717) is 0 Å². The number of aliphatic hydroxyl groups is 1. The van der Waals surface area contributed by atoms with Gasteiger partial charge in [0.05, 0.1) is 10.2 Å². The number of nitrogen functional groups attached to an aromatic ring is 1. The van der Waals surface area contributed by atoms with Crippen LogP contribution in [0.1, 0.15) is 0 Å². The maximum absolute atomic E-state index is 13.1. The molecule has 0 spiro atoms. The standard InChI is InChI=1S/C13H9FN2S.CH4O/c14-9-3-6-11-12(7-9)17-13(16-11)8-1-4-10(15)5-2-8;1-2/h1-7H,15H2;2H,1H3. The van der Waals surface area contributed by atoms with Crippen LogP contribution in [0.15, 0.2) is 42.5 Å². The normalized spacial score (nSPS) is 10.1. The summed E-state index contributed by atoms with van der Waals surface area (Å²) in [6.45, 7) is 0. The summed E-state index contributed by atoms with van der Waals surface area (Å²) in [5.41, 5.74) is 8.18. The number of hydrogen-bond donors (Lipinski definition) is 2. The molecule has 0 saturated carbocycles. The van der Waals surface area contributed by atoms with Gasteiger partial charge in [0, 0.05) is 18.4 Å². The Morgan fingerprint density at radius 2 is 1.79 bits per heavy atom. The molecule has 5 heteroatoms. The largest absolute Gasteiger partial charge is 0.400 e. The van der Waals surface area contributed by atoms with Crippen molar-refractivity contribution in [1.29, 1.82) is 0 Å². The van der Waals surface area contributed by atoms with Crippen molar-refractivity contribution in [2.24, 2.45) is 0 Å². The second-order valence-corrected chi connectivity index (χ2v) is 4.78. The summed E-state index contributed by atoms with van der Waals surface area (Å²) >= 11 is 1.48. The number of hydrogen-bond acceptors (Lipinski definition) is 4. The van der Waals surface area contributed by atoms with E-state index in [1.165, 1.54) is 23.5 Å². The highest BCUT2D eigenvalue weighted by Gasteiger charge is 2.06. The van der Waals surface area contributed by atoms with Crippen molar-refractivity contribution >= 4 is 27.2 Å². The number of nitrogens with zero attached hydrogens (tertiary/aromatic N) is 1. The van der Waals surface area contributed by atoms with Gasteiger partial charge in [-0.25, -0.2) is 9.37 Å². The van der Waals surface area contributed by atoms with E-state index >= 15 is 0 Å². The molecule has 3 rings (SSSR count). The molecule has 2 aromatic carbocycles. The number of benzene rings is 2. The predicted octanol–water partition coefficient (Wildman–Crippen LogP) is 3.29. The molecule has 0 aliphatic heterocycles. The van der Waals surface area contributed by atoms with Gasteiger partial charge < -0.3 is 10.8 Å². The molecule has 1 aromatic heterocycles. The Balaban J connectivity index is 0.000000637. The number of aromatic nitrogens is 1. The molecule has 0 atom stereocenters. The number of fused-ring (bicyclic) bond motifs is 1. The minimum Gasteiger partial charge on any atom is -0.400 e. The lowest BCUT2D eigenvalue weighted by Gasteiger charge is -1.95. The summed E-state index contributed by atoms with van der Waals surface area (Å²) < 4.78 is 13.9. The molecule has 1 heterocycles. The van der Waals surface area contributed by atoms with E-state index < -0.39 is 0 Å². The van der Waals surface area contributed by atoms with Crippen LogP contribution in [0, 0.1) is 5.82 Å². The van der Waals surface area contributed by atoms with Gasteiger partial charge in [-0.1, -0.05) is 0 Å². The van der Waals surface area contributed by atoms with Crippen molar-refractivity contribution in [3.05, 3.63) is 48.3 Å². The first kappa shape index (κ1) is 13.5. The van der Waals surface area contributed by atoms with Gasteiger partial charge in [0.1, 0.15) is 10.8 Å². The van der Waals surface area contributed by atoms with Crippen molar-refractivity contribution < 1.29 is 9.50 Å². The third kappa shape index (κ3) is 2.89. The number of rotatable bonds is 1. The first-order valence-electron chi connectivity index (χ1n) is 5.59. The predicted molar refractivity (Wildman–Crippen MR) is 77.6 cm³/mol. The van der Waals surface area contributed by atoms with Gasteiger partial charge in [0.25, 0.3) is 0 Å². The number of anilines is 1. The molecule has 0 bridgehead atoms. The molecule has 0 fully saturated rings. The molecule has 3 aromatic rings. The second kappa shape index (κ2) is 5.77. The van der Waals surface area contributed by atoms with Crippen molar-refractivity contribution in [3.8, 4) is 10.6 Å². The highest BCUT2D eigenvalue weighted by molar-refractivity contribution is 7.21. The van der Waals surface area contributed by atoms with Crippen LogP contribution in [0.4, 0.5) is 10.1 Å². The molecular weight excluding hydrogens is 263 g/mol. The van der Waals surface area contributed by atoms with E-state index in [1.54, 1.807) is 6.07 Å². The topological polar surface area (TPSA) is 59.1 Å². The van der Waals surface area contributed by atoms with Gasteiger partial charge in [0.15, 0.2) is 0 Å². The molecule has 19 heavy (non-hydrogen) atoms. The van der Waals surface area contributed by atoms with E-state index in [2.05, 4.69) is 4.98 Å². The highest BCUT2D eigenvalue weighted by atomic mass is 32.1. The van der Waals surface area contributed by atoms with Gasteiger partial charge in [0.2, 0.25) is 0 Å². The number of thiazole rings is 1. The Bertz CT molecular complexity index is 679. The van der Waals surface area contributed by atoms with Crippen molar-refractivity contribution in [3.63, 3.8) is 0 Å². The molecule has 98 valence electrons. The number of aliphatic hydroxyl groups excluding tert-OH is 1. The van der Waals surface area contributed by atoms with E-state index in [-0.39, 0.29) is 5.82 Å². The average molecular weight is 276 g/mol. The Morgan fingerprint density at radius 3 is 2.47 bits per heavy atom. The Labute approximate surface area is 114 Å². The van der Waals surface area contributed by atoms with Gasteiger partial charge in [-0.05, 0) is 42.5 Å². The maximum atomic E-state index is 13.1. The average Bonchev–Trinajstić information content (AvgIpc) is 2.84. The van der Waals surface area contributed by atoms with Gasteiger partial charge >= 0.3 is 0 Å². The summed E-state index contributed by atoms with van der Waals surface area (Å²) in [5, 5.41) is 7.88. The quantitative estimate of drug-likeness (QED) is 0.670. The van der Waals surface area contributed by atoms with Crippen LogP contribution in [0.3, 0.4) is 0 Å².